The lowest BCUT2D eigenvalue weighted by Crippen LogP contribution is -2.36. The zero-order valence-corrected chi connectivity index (χ0v) is 17.2. The molecule has 0 fully saturated rings. The van der Waals surface area contributed by atoms with Gasteiger partial charge in [0.1, 0.15) is 17.1 Å². The number of carboxylic acids is 1. The molecule has 2 amide bonds. The fourth-order valence-corrected chi connectivity index (χ4v) is 3.20. The van der Waals surface area contributed by atoms with Crippen molar-refractivity contribution in [3.63, 3.8) is 0 Å². The molecule has 0 atom stereocenters. The average Bonchev–Trinajstić information content (AvgIpc) is 3.26. The van der Waals surface area contributed by atoms with Crippen LogP contribution in [-0.2, 0) is 13.1 Å². The number of amides is 2. The fourth-order valence-electron chi connectivity index (χ4n) is 3.20. The van der Waals surface area contributed by atoms with Crippen LogP contribution in [0.2, 0.25) is 0 Å². The highest BCUT2D eigenvalue weighted by atomic mass is 16.4. The summed E-state index contributed by atoms with van der Waals surface area (Å²) in [5.41, 5.74) is 9.39. The van der Waals surface area contributed by atoms with E-state index >= 15 is 0 Å². The second-order valence-electron chi connectivity index (χ2n) is 7.17. The smallest absolute Gasteiger partial charge is 0.354 e. The van der Waals surface area contributed by atoms with Crippen LogP contribution in [-0.4, -0.2) is 42.7 Å². The van der Waals surface area contributed by atoms with Crippen LogP contribution in [0.3, 0.4) is 0 Å². The van der Waals surface area contributed by atoms with Crippen molar-refractivity contribution in [2.24, 2.45) is 5.73 Å². The van der Waals surface area contributed by atoms with Crippen molar-refractivity contribution in [2.75, 3.05) is 11.1 Å². The summed E-state index contributed by atoms with van der Waals surface area (Å²) < 4.78 is 0.804. The molecule has 7 N–H and O–H groups in total. The first-order valence-electron chi connectivity index (χ1n) is 9.65. The molecule has 14 heteroatoms. The maximum atomic E-state index is 12.7. The van der Waals surface area contributed by atoms with Crippen LogP contribution in [0.25, 0.3) is 5.65 Å². The van der Waals surface area contributed by atoms with Gasteiger partial charge in [0.05, 0.1) is 0 Å². The van der Waals surface area contributed by atoms with Gasteiger partial charge in [-0.15, -0.1) is 5.10 Å². The molecule has 172 valence electrons. The maximum absolute atomic E-state index is 12.7. The van der Waals surface area contributed by atoms with Gasteiger partial charge in [-0.1, -0.05) is 29.5 Å². The van der Waals surface area contributed by atoms with Gasteiger partial charge in [0.15, 0.2) is 17.0 Å². The molecule has 0 saturated carbocycles. The number of aromatic carboxylic acids is 1. The number of carbonyl (C=O) groups is 3. The van der Waals surface area contributed by atoms with Crippen molar-refractivity contribution >= 4 is 34.8 Å². The highest BCUT2D eigenvalue weighted by Crippen LogP contribution is 2.14. The van der Waals surface area contributed by atoms with E-state index < -0.39 is 34.3 Å². The minimum atomic E-state index is -1.41. The summed E-state index contributed by atoms with van der Waals surface area (Å²) in [6.45, 7) is 0.283. The molecule has 0 aliphatic carbocycles. The molecular weight excluding hydrogens is 448 g/mol. The molecule has 2 aromatic carbocycles. The molecule has 0 aliphatic heterocycles. The molecular formula is C20H16N8O6. The number of hydrogen-bond acceptors (Lipinski definition) is 10. The van der Waals surface area contributed by atoms with Crippen molar-refractivity contribution in [3.8, 4) is 0 Å². The number of benzene rings is 1. The standard InChI is InChI=1S/C20H16N8O6/c21-12-13(16(30)15(12)29)23-6-8-2-1-3-9(4-8)7-24-19(32)10-5-11(20(33)34)28-18(25-10)14(17(22)31)26-27-28/h1-5,23H,6-7,21H2,(H2,22,31)(H,24,32)(H,33,34). The molecule has 0 aliphatic rings. The van der Waals surface area contributed by atoms with E-state index in [1.165, 1.54) is 0 Å². The monoisotopic (exact) mass is 464 g/mol. The predicted octanol–water partition coefficient (Wildman–Crippen LogP) is -1.36. The van der Waals surface area contributed by atoms with Crippen LogP contribution < -0.4 is 33.0 Å². The lowest BCUT2D eigenvalue weighted by atomic mass is 10.1. The van der Waals surface area contributed by atoms with Crippen LogP contribution in [0.4, 0.5) is 11.4 Å². The number of primary amides is 1. The van der Waals surface area contributed by atoms with Crippen LogP contribution in [0.15, 0.2) is 39.9 Å². The zero-order valence-electron chi connectivity index (χ0n) is 17.2. The first-order valence-corrected chi connectivity index (χ1v) is 9.65. The van der Waals surface area contributed by atoms with E-state index in [4.69, 9.17) is 11.5 Å². The Hall–Kier alpha value is -5.14. The fraction of sp³-hybridized carbons (Fsp3) is 0.100. The number of carboxylic acid groups (broad SMARTS) is 1. The average molecular weight is 464 g/mol. The van der Waals surface area contributed by atoms with E-state index in [0.717, 1.165) is 16.1 Å². The Bertz CT molecular complexity index is 1550. The number of aromatic nitrogens is 4. The summed E-state index contributed by atoms with van der Waals surface area (Å²) in [4.78, 5) is 62.4. The third kappa shape index (κ3) is 3.90. The van der Waals surface area contributed by atoms with Crippen LogP contribution >= 0.6 is 0 Å². The minimum Gasteiger partial charge on any atom is -0.477 e. The van der Waals surface area contributed by atoms with E-state index in [2.05, 4.69) is 25.9 Å². The number of fused-ring (bicyclic) bond motifs is 1. The van der Waals surface area contributed by atoms with Gasteiger partial charge in [-0.2, -0.15) is 4.52 Å². The molecule has 4 rings (SSSR count). The number of nitrogens with one attached hydrogen (secondary N) is 2. The summed E-state index contributed by atoms with van der Waals surface area (Å²) in [7, 11) is 0. The molecule has 34 heavy (non-hydrogen) atoms. The van der Waals surface area contributed by atoms with Crippen molar-refractivity contribution in [3.05, 3.63) is 79.0 Å². The van der Waals surface area contributed by atoms with E-state index in [1.807, 2.05) is 0 Å². The quantitative estimate of drug-likeness (QED) is 0.191. The van der Waals surface area contributed by atoms with Gasteiger partial charge >= 0.3 is 5.97 Å². The summed E-state index contributed by atoms with van der Waals surface area (Å²) in [6.07, 6.45) is 0. The first kappa shape index (κ1) is 22.1. The van der Waals surface area contributed by atoms with Gasteiger partial charge in [0, 0.05) is 19.2 Å². The number of nitrogens with zero attached hydrogens (tertiary/aromatic N) is 4. The third-order valence-electron chi connectivity index (χ3n) is 4.92. The Labute approximate surface area is 188 Å². The number of carbonyl (C=O) groups excluding carboxylic acids is 2. The Morgan fingerprint density at radius 3 is 2.41 bits per heavy atom. The normalized spacial score (nSPS) is 10.9. The van der Waals surface area contributed by atoms with Crippen molar-refractivity contribution in [1.82, 2.24) is 25.1 Å². The second-order valence-corrected chi connectivity index (χ2v) is 7.17. The summed E-state index contributed by atoms with van der Waals surface area (Å²) >= 11 is 0. The molecule has 0 radical (unpaired) electrons. The van der Waals surface area contributed by atoms with Gasteiger partial charge in [-0.25, -0.2) is 9.78 Å². The third-order valence-corrected chi connectivity index (χ3v) is 4.92. The Kier molecular flexibility index (Phi) is 5.46. The zero-order chi connectivity index (χ0) is 24.6. The molecule has 0 saturated heterocycles. The van der Waals surface area contributed by atoms with Gasteiger partial charge in [-0.3, -0.25) is 19.2 Å². The summed E-state index contributed by atoms with van der Waals surface area (Å²) in [5.74, 6) is -3.10. The van der Waals surface area contributed by atoms with Gasteiger partial charge in [0.2, 0.25) is 0 Å². The van der Waals surface area contributed by atoms with Crippen molar-refractivity contribution in [2.45, 2.75) is 13.1 Å². The highest BCUT2D eigenvalue weighted by molar-refractivity contribution is 6.00. The Balaban J connectivity index is 1.49. The molecule has 2 heterocycles. The predicted molar refractivity (Wildman–Crippen MR) is 117 cm³/mol. The number of hydrogen-bond donors (Lipinski definition) is 5. The molecule has 0 bridgehead atoms. The van der Waals surface area contributed by atoms with Crippen LogP contribution in [0.1, 0.15) is 42.6 Å². The highest BCUT2D eigenvalue weighted by Gasteiger charge is 2.22. The molecule has 14 nitrogen and oxygen atoms in total. The minimum absolute atomic E-state index is 0.0599. The summed E-state index contributed by atoms with van der Waals surface area (Å²) in [5, 5.41) is 21.9. The van der Waals surface area contributed by atoms with Crippen LogP contribution in [0, 0.1) is 0 Å². The molecule has 2 aromatic heterocycles. The Morgan fingerprint density at radius 1 is 1.06 bits per heavy atom. The largest absolute Gasteiger partial charge is 0.477 e. The number of anilines is 2. The van der Waals surface area contributed by atoms with E-state index in [-0.39, 0.29) is 41.5 Å². The van der Waals surface area contributed by atoms with E-state index in [9.17, 15) is 29.1 Å². The molecule has 0 spiro atoms. The van der Waals surface area contributed by atoms with E-state index in [0.29, 0.717) is 5.56 Å². The molecule has 0 unspecified atom stereocenters. The van der Waals surface area contributed by atoms with Crippen molar-refractivity contribution in [1.29, 1.82) is 0 Å². The maximum Gasteiger partial charge on any atom is 0.354 e. The first-order chi connectivity index (χ1) is 16.2. The number of rotatable bonds is 8. The molecule has 4 aromatic rings. The van der Waals surface area contributed by atoms with Crippen molar-refractivity contribution < 1.29 is 19.5 Å². The van der Waals surface area contributed by atoms with E-state index in [1.54, 1.807) is 24.3 Å². The van der Waals surface area contributed by atoms with Gasteiger partial charge in [0.25, 0.3) is 22.7 Å². The lowest BCUT2D eigenvalue weighted by molar-refractivity contribution is 0.0686. The number of nitrogen functional groups attached to an aromatic ring is 1. The summed E-state index contributed by atoms with van der Waals surface area (Å²) in [6, 6.07) is 7.99. The lowest BCUT2D eigenvalue weighted by Gasteiger charge is -2.11. The second kappa shape index (κ2) is 8.42. The van der Waals surface area contributed by atoms with Gasteiger partial charge < -0.3 is 27.2 Å². The van der Waals surface area contributed by atoms with Gasteiger partial charge in [-0.05, 0) is 11.1 Å². The Morgan fingerprint density at radius 2 is 1.76 bits per heavy atom. The van der Waals surface area contributed by atoms with Crippen LogP contribution in [0.5, 0.6) is 0 Å². The number of nitrogens with two attached hydrogens (primary N) is 2. The SMILES string of the molecule is NC(=O)c1nnn2c(C(=O)O)cc(C(=O)NCc3cccc(CNc4c(N)c(=O)c4=O)c3)nc12. The topological polar surface area (TPSA) is 225 Å².